The number of ether oxygens (including phenoxy) is 2. The second-order valence-electron chi connectivity index (χ2n) is 7.09. The normalized spacial score (nSPS) is 18.2. The van der Waals surface area contributed by atoms with Crippen LogP contribution in [0.3, 0.4) is 0 Å². The van der Waals surface area contributed by atoms with Crippen LogP contribution in [0.15, 0.2) is 42.0 Å². The fraction of sp³-hybridized carbons (Fsp3) is 0.474. The van der Waals surface area contributed by atoms with E-state index in [1.807, 2.05) is 51.1 Å². The van der Waals surface area contributed by atoms with Gasteiger partial charge in [0, 0.05) is 25.2 Å². The molecule has 1 atom stereocenters. The highest BCUT2D eigenvalue weighted by atomic mass is 16.6. The van der Waals surface area contributed by atoms with Gasteiger partial charge in [0.1, 0.15) is 5.60 Å². The van der Waals surface area contributed by atoms with Crippen molar-refractivity contribution < 1.29 is 19.1 Å². The van der Waals surface area contributed by atoms with Crippen LogP contribution in [0.25, 0.3) is 0 Å². The van der Waals surface area contributed by atoms with Gasteiger partial charge in [0.25, 0.3) is 0 Å². The average molecular weight is 346 g/mol. The van der Waals surface area contributed by atoms with Crippen molar-refractivity contribution in [2.24, 2.45) is 0 Å². The molecule has 0 radical (unpaired) electrons. The first-order chi connectivity index (χ1) is 11.8. The summed E-state index contributed by atoms with van der Waals surface area (Å²) in [5.41, 5.74) is 1.10. The molecule has 0 fully saturated rings. The van der Waals surface area contributed by atoms with E-state index in [2.05, 4.69) is 10.2 Å². The summed E-state index contributed by atoms with van der Waals surface area (Å²) < 4.78 is 10.1. The Labute approximate surface area is 148 Å². The topological polar surface area (TPSA) is 67.9 Å². The Hall–Kier alpha value is -2.34. The standard InChI is InChI=1S/C19H26N2O4/c1-19(2,3)25-18(23)20-16-10-15(17(22)24-4)12-21(13-16)11-14-8-6-5-7-9-14/h5-10,16H,11-13H2,1-4H3,(H,20,23)/t16-/m0/s1. The van der Waals surface area contributed by atoms with Crippen molar-refractivity contribution in [3.8, 4) is 0 Å². The minimum atomic E-state index is -0.572. The number of hydrogen-bond donors (Lipinski definition) is 1. The van der Waals surface area contributed by atoms with Gasteiger partial charge in [-0.15, -0.1) is 0 Å². The number of carbonyl (C=O) groups excluding carboxylic acids is 2. The highest BCUT2D eigenvalue weighted by molar-refractivity contribution is 5.89. The number of carbonyl (C=O) groups is 2. The molecule has 0 spiro atoms. The third-order valence-electron chi connectivity index (χ3n) is 3.65. The number of esters is 1. The zero-order chi connectivity index (χ0) is 18.4. The molecule has 1 N–H and O–H groups in total. The van der Waals surface area contributed by atoms with Crippen molar-refractivity contribution in [1.29, 1.82) is 0 Å². The molecule has 0 saturated heterocycles. The zero-order valence-electron chi connectivity index (χ0n) is 15.2. The Morgan fingerprint density at radius 1 is 1.24 bits per heavy atom. The number of nitrogens with one attached hydrogen (secondary N) is 1. The van der Waals surface area contributed by atoms with Crippen LogP contribution in [0.2, 0.25) is 0 Å². The van der Waals surface area contributed by atoms with Crippen LogP contribution in [-0.4, -0.2) is 48.8 Å². The van der Waals surface area contributed by atoms with E-state index in [-0.39, 0.29) is 12.0 Å². The Morgan fingerprint density at radius 2 is 1.92 bits per heavy atom. The number of benzene rings is 1. The highest BCUT2D eigenvalue weighted by Gasteiger charge is 2.27. The van der Waals surface area contributed by atoms with Gasteiger partial charge in [-0.05, 0) is 32.4 Å². The number of rotatable bonds is 4. The molecule has 1 aliphatic rings. The zero-order valence-corrected chi connectivity index (χ0v) is 15.2. The van der Waals surface area contributed by atoms with E-state index < -0.39 is 11.7 Å². The Kier molecular flexibility index (Phi) is 6.20. The van der Waals surface area contributed by atoms with Gasteiger partial charge < -0.3 is 14.8 Å². The van der Waals surface area contributed by atoms with Crippen molar-refractivity contribution >= 4 is 12.1 Å². The number of alkyl carbamates (subject to hydrolysis) is 1. The summed E-state index contributed by atoms with van der Waals surface area (Å²) in [4.78, 5) is 26.1. The van der Waals surface area contributed by atoms with E-state index in [0.717, 1.165) is 5.56 Å². The van der Waals surface area contributed by atoms with Gasteiger partial charge in [-0.2, -0.15) is 0 Å². The van der Waals surface area contributed by atoms with Crippen LogP contribution < -0.4 is 5.32 Å². The fourth-order valence-electron chi connectivity index (χ4n) is 2.70. The highest BCUT2D eigenvalue weighted by Crippen LogP contribution is 2.16. The van der Waals surface area contributed by atoms with Crippen molar-refractivity contribution in [3.63, 3.8) is 0 Å². The Bertz CT molecular complexity index is 635. The molecule has 0 aromatic heterocycles. The molecule has 1 amide bonds. The summed E-state index contributed by atoms with van der Waals surface area (Å²) in [5.74, 6) is -0.381. The van der Waals surface area contributed by atoms with E-state index in [9.17, 15) is 9.59 Å². The number of hydrogen-bond acceptors (Lipinski definition) is 5. The SMILES string of the molecule is COC(=O)C1=C[C@H](NC(=O)OC(C)(C)C)CN(Cc2ccccc2)C1. The molecule has 6 nitrogen and oxygen atoms in total. The van der Waals surface area contributed by atoms with Gasteiger partial charge in [-0.25, -0.2) is 9.59 Å². The molecular formula is C19H26N2O4. The average Bonchev–Trinajstić information content (AvgIpc) is 2.53. The summed E-state index contributed by atoms with van der Waals surface area (Å²) in [5, 5.41) is 2.81. The molecule has 136 valence electrons. The van der Waals surface area contributed by atoms with Crippen LogP contribution in [0.5, 0.6) is 0 Å². The number of amides is 1. The lowest BCUT2D eigenvalue weighted by atomic mass is 10.0. The quantitative estimate of drug-likeness (QED) is 0.849. The van der Waals surface area contributed by atoms with E-state index in [1.165, 1.54) is 7.11 Å². The largest absolute Gasteiger partial charge is 0.466 e. The smallest absolute Gasteiger partial charge is 0.408 e. The van der Waals surface area contributed by atoms with Crippen LogP contribution in [0, 0.1) is 0 Å². The lowest BCUT2D eigenvalue weighted by molar-refractivity contribution is -0.136. The van der Waals surface area contributed by atoms with Crippen molar-refractivity contribution in [2.45, 2.75) is 39.0 Å². The third-order valence-corrected chi connectivity index (χ3v) is 3.65. The summed E-state index contributed by atoms with van der Waals surface area (Å²) in [6.07, 6.45) is 1.25. The van der Waals surface area contributed by atoms with Gasteiger partial charge in [-0.1, -0.05) is 30.3 Å². The molecule has 0 aliphatic carbocycles. The molecule has 1 aromatic carbocycles. The number of methoxy groups -OCH3 is 1. The molecule has 6 heteroatoms. The molecule has 0 bridgehead atoms. The Morgan fingerprint density at radius 3 is 2.52 bits per heavy atom. The molecule has 0 unspecified atom stereocenters. The predicted molar refractivity (Wildman–Crippen MR) is 95.0 cm³/mol. The van der Waals surface area contributed by atoms with Crippen LogP contribution in [-0.2, 0) is 20.8 Å². The molecule has 2 rings (SSSR count). The van der Waals surface area contributed by atoms with Crippen LogP contribution >= 0.6 is 0 Å². The minimum absolute atomic E-state index is 0.318. The van der Waals surface area contributed by atoms with E-state index in [1.54, 1.807) is 6.08 Å². The third kappa shape index (κ3) is 6.23. The molecule has 25 heavy (non-hydrogen) atoms. The minimum Gasteiger partial charge on any atom is -0.466 e. The van der Waals surface area contributed by atoms with Crippen molar-refractivity contribution in [1.82, 2.24) is 10.2 Å². The summed E-state index contributed by atoms with van der Waals surface area (Å²) >= 11 is 0. The summed E-state index contributed by atoms with van der Waals surface area (Å²) in [6, 6.07) is 9.67. The van der Waals surface area contributed by atoms with Crippen LogP contribution in [0.4, 0.5) is 4.79 Å². The Balaban J connectivity index is 2.08. The number of nitrogens with zero attached hydrogens (tertiary/aromatic N) is 1. The van der Waals surface area contributed by atoms with E-state index in [0.29, 0.717) is 25.2 Å². The molecule has 1 aliphatic heterocycles. The summed E-state index contributed by atoms with van der Waals surface area (Å²) in [7, 11) is 1.36. The van der Waals surface area contributed by atoms with E-state index in [4.69, 9.17) is 9.47 Å². The molecular weight excluding hydrogens is 320 g/mol. The van der Waals surface area contributed by atoms with Gasteiger partial charge in [0.15, 0.2) is 0 Å². The van der Waals surface area contributed by atoms with Gasteiger partial charge in [0.2, 0.25) is 0 Å². The first kappa shape index (κ1) is 19.0. The first-order valence-corrected chi connectivity index (χ1v) is 8.31. The fourth-order valence-corrected chi connectivity index (χ4v) is 2.70. The monoisotopic (exact) mass is 346 g/mol. The maximum Gasteiger partial charge on any atom is 0.408 e. The van der Waals surface area contributed by atoms with Crippen molar-refractivity contribution in [3.05, 3.63) is 47.5 Å². The molecule has 1 heterocycles. The first-order valence-electron chi connectivity index (χ1n) is 8.31. The molecule has 1 aromatic rings. The van der Waals surface area contributed by atoms with Crippen molar-refractivity contribution in [2.75, 3.05) is 20.2 Å². The van der Waals surface area contributed by atoms with E-state index >= 15 is 0 Å². The molecule has 0 saturated carbocycles. The maximum atomic E-state index is 12.0. The van der Waals surface area contributed by atoms with Gasteiger partial charge in [-0.3, -0.25) is 4.90 Å². The van der Waals surface area contributed by atoms with Gasteiger partial charge in [0.05, 0.1) is 13.2 Å². The second-order valence-corrected chi connectivity index (χ2v) is 7.09. The second kappa shape index (κ2) is 8.16. The lowest BCUT2D eigenvalue weighted by Gasteiger charge is -2.32. The lowest BCUT2D eigenvalue weighted by Crippen LogP contribution is -2.48. The van der Waals surface area contributed by atoms with Crippen LogP contribution in [0.1, 0.15) is 26.3 Å². The maximum absolute atomic E-state index is 12.0. The predicted octanol–water partition coefficient (Wildman–Crippen LogP) is 2.49. The van der Waals surface area contributed by atoms with Gasteiger partial charge >= 0.3 is 12.1 Å². The summed E-state index contributed by atoms with van der Waals surface area (Å²) in [6.45, 7) is 7.19.